The first-order chi connectivity index (χ1) is 10.9. The van der Waals surface area contributed by atoms with Crippen LogP contribution < -0.4 is 0 Å². The van der Waals surface area contributed by atoms with Gasteiger partial charge in [-0.05, 0) is 0 Å². The van der Waals surface area contributed by atoms with Crippen molar-refractivity contribution in [3.05, 3.63) is 73.3 Å². The molecule has 22 heavy (non-hydrogen) atoms. The van der Waals surface area contributed by atoms with Gasteiger partial charge in [-0.15, -0.1) is 20.4 Å². The Balaban J connectivity index is 1.86. The van der Waals surface area contributed by atoms with Gasteiger partial charge in [-0.3, -0.25) is 0 Å². The molecule has 6 nitrogen and oxygen atoms in total. The smallest absolute Gasteiger partial charge is 0.183 e. The van der Waals surface area contributed by atoms with Gasteiger partial charge in [0, 0.05) is 11.1 Å². The number of aromatic nitrogens is 6. The van der Waals surface area contributed by atoms with E-state index in [2.05, 4.69) is 20.4 Å². The van der Waals surface area contributed by atoms with E-state index in [9.17, 15) is 0 Å². The average Bonchev–Trinajstić information content (AvgIpc) is 3.25. The first-order valence-electron chi connectivity index (χ1n) is 6.85. The summed E-state index contributed by atoms with van der Waals surface area (Å²) in [5.41, 5.74) is 1.96. The molecule has 0 unspecified atom stereocenters. The van der Waals surface area contributed by atoms with Gasteiger partial charge in [0.15, 0.2) is 11.6 Å². The van der Waals surface area contributed by atoms with E-state index in [4.69, 9.17) is 0 Å². The zero-order valence-electron chi connectivity index (χ0n) is 11.6. The van der Waals surface area contributed by atoms with E-state index in [0.29, 0.717) is 0 Å². The molecule has 0 fully saturated rings. The van der Waals surface area contributed by atoms with Crippen LogP contribution in [0.15, 0.2) is 73.3 Å². The van der Waals surface area contributed by atoms with Crippen LogP contribution in [0.3, 0.4) is 0 Å². The van der Waals surface area contributed by atoms with Gasteiger partial charge >= 0.3 is 0 Å². The molecule has 0 aliphatic carbocycles. The van der Waals surface area contributed by atoms with Gasteiger partial charge in [0.1, 0.15) is 12.7 Å². The normalized spacial score (nSPS) is 10.7. The van der Waals surface area contributed by atoms with E-state index >= 15 is 0 Å². The first kappa shape index (κ1) is 12.5. The van der Waals surface area contributed by atoms with Crippen LogP contribution in [0, 0.1) is 0 Å². The summed E-state index contributed by atoms with van der Waals surface area (Å²) in [5, 5.41) is 16.5. The summed E-state index contributed by atoms with van der Waals surface area (Å²) in [5.74, 6) is 1.47. The predicted octanol–water partition coefficient (Wildman–Crippen LogP) is 2.52. The van der Waals surface area contributed by atoms with E-state index in [-0.39, 0.29) is 0 Å². The van der Waals surface area contributed by atoms with Crippen LogP contribution in [0.2, 0.25) is 0 Å². The van der Waals surface area contributed by atoms with Gasteiger partial charge in [-0.1, -0.05) is 60.7 Å². The standard InChI is InChI=1S/C16H12N6/c1-3-7-13(8-4-1)15-19-17-11-21(15)22-12-18-20-16(22)14-9-5-2-6-10-14/h1-12H. The fourth-order valence-corrected chi connectivity index (χ4v) is 2.33. The Bertz CT molecular complexity index is 803. The Kier molecular flexibility index (Phi) is 2.97. The fraction of sp³-hybridized carbons (Fsp3) is 0. The van der Waals surface area contributed by atoms with Crippen LogP contribution in [0.5, 0.6) is 0 Å². The van der Waals surface area contributed by atoms with Crippen molar-refractivity contribution in [1.82, 2.24) is 29.7 Å². The minimum atomic E-state index is 0.734. The molecule has 106 valence electrons. The Morgan fingerprint density at radius 1 is 0.545 bits per heavy atom. The van der Waals surface area contributed by atoms with Gasteiger partial charge < -0.3 is 0 Å². The zero-order valence-corrected chi connectivity index (χ0v) is 11.6. The Morgan fingerprint density at radius 2 is 0.955 bits per heavy atom. The Morgan fingerprint density at radius 3 is 1.36 bits per heavy atom. The summed E-state index contributed by atoms with van der Waals surface area (Å²) >= 11 is 0. The van der Waals surface area contributed by atoms with Crippen molar-refractivity contribution in [3.63, 3.8) is 0 Å². The lowest BCUT2D eigenvalue weighted by Gasteiger charge is -2.09. The summed E-state index contributed by atoms with van der Waals surface area (Å²) in [6, 6.07) is 19.8. The summed E-state index contributed by atoms with van der Waals surface area (Å²) in [4.78, 5) is 0. The van der Waals surface area contributed by atoms with Crippen molar-refractivity contribution in [3.8, 4) is 22.8 Å². The molecule has 6 heteroatoms. The Hall–Kier alpha value is -3.28. The number of hydrogen-bond acceptors (Lipinski definition) is 4. The minimum Gasteiger partial charge on any atom is -0.213 e. The van der Waals surface area contributed by atoms with E-state index in [0.717, 1.165) is 22.8 Å². The van der Waals surface area contributed by atoms with Crippen molar-refractivity contribution >= 4 is 0 Å². The monoisotopic (exact) mass is 288 g/mol. The molecule has 0 N–H and O–H groups in total. The van der Waals surface area contributed by atoms with Crippen molar-refractivity contribution in [2.75, 3.05) is 0 Å². The summed E-state index contributed by atoms with van der Waals surface area (Å²) in [6.07, 6.45) is 3.30. The molecule has 0 saturated carbocycles. The maximum Gasteiger partial charge on any atom is 0.183 e. The van der Waals surface area contributed by atoms with Crippen molar-refractivity contribution in [2.45, 2.75) is 0 Å². The highest BCUT2D eigenvalue weighted by Gasteiger charge is 2.13. The van der Waals surface area contributed by atoms with E-state index in [1.165, 1.54) is 0 Å². The van der Waals surface area contributed by atoms with Gasteiger partial charge in [0.25, 0.3) is 0 Å². The SMILES string of the molecule is c1ccc(-c2nncn2-n2cnnc2-c2ccccc2)cc1. The largest absolute Gasteiger partial charge is 0.213 e. The summed E-state index contributed by atoms with van der Waals surface area (Å²) in [7, 11) is 0. The molecule has 0 spiro atoms. The molecule has 4 rings (SSSR count). The lowest BCUT2D eigenvalue weighted by Crippen LogP contribution is -2.10. The fourth-order valence-electron chi connectivity index (χ4n) is 2.33. The van der Waals surface area contributed by atoms with Crippen molar-refractivity contribution < 1.29 is 0 Å². The zero-order chi connectivity index (χ0) is 14.8. The van der Waals surface area contributed by atoms with E-state index in [1.54, 1.807) is 12.7 Å². The second-order valence-electron chi connectivity index (χ2n) is 4.73. The van der Waals surface area contributed by atoms with E-state index < -0.39 is 0 Å². The number of benzene rings is 2. The highest BCUT2D eigenvalue weighted by molar-refractivity contribution is 5.57. The second-order valence-corrected chi connectivity index (χ2v) is 4.73. The second kappa shape index (κ2) is 5.25. The third-order valence-corrected chi connectivity index (χ3v) is 3.36. The molecule has 2 aromatic carbocycles. The minimum absolute atomic E-state index is 0.734. The maximum absolute atomic E-state index is 4.21. The average molecular weight is 288 g/mol. The highest BCUT2D eigenvalue weighted by Crippen LogP contribution is 2.20. The topological polar surface area (TPSA) is 61.4 Å². The van der Waals surface area contributed by atoms with Crippen LogP contribution in [0.1, 0.15) is 0 Å². The van der Waals surface area contributed by atoms with E-state index in [1.807, 2.05) is 70.0 Å². The lowest BCUT2D eigenvalue weighted by atomic mass is 10.2. The maximum atomic E-state index is 4.21. The predicted molar refractivity (Wildman–Crippen MR) is 81.7 cm³/mol. The number of nitrogens with zero attached hydrogens (tertiary/aromatic N) is 6. The third kappa shape index (κ3) is 2.07. The van der Waals surface area contributed by atoms with Crippen molar-refractivity contribution in [2.24, 2.45) is 0 Å². The van der Waals surface area contributed by atoms with Gasteiger partial charge in [0.2, 0.25) is 0 Å². The van der Waals surface area contributed by atoms with Gasteiger partial charge in [-0.2, -0.15) is 0 Å². The molecular weight excluding hydrogens is 276 g/mol. The molecule has 4 aromatic rings. The molecule has 2 aromatic heterocycles. The molecule has 0 aliphatic rings. The van der Waals surface area contributed by atoms with Gasteiger partial charge in [-0.25, -0.2) is 9.35 Å². The number of hydrogen-bond donors (Lipinski definition) is 0. The number of rotatable bonds is 3. The summed E-state index contributed by atoms with van der Waals surface area (Å²) < 4.78 is 3.66. The lowest BCUT2D eigenvalue weighted by molar-refractivity contribution is 0.667. The molecule has 0 atom stereocenters. The molecule has 0 amide bonds. The van der Waals surface area contributed by atoms with Crippen LogP contribution in [0.25, 0.3) is 22.8 Å². The first-order valence-corrected chi connectivity index (χ1v) is 6.85. The van der Waals surface area contributed by atoms with Gasteiger partial charge in [0.05, 0.1) is 0 Å². The van der Waals surface area contributed by atoms with Crippen LogP contribution in [-0.4, -0.2) is 29.7 Å². The molecule has 2 heterocycles. The molecule has 0 aliphatic heterocycles. The summed E-state index contributed by atoms with van der Waals surface area (Å²) in [6.45, 7) is 0. The van der Waals surface area contributed by atoms with Crippen LogP contribution in [-0.2, 0) is 0 Å². The Labute approximate surface area is 126 Å². The van der Waals surface area contributed by atoms with Crippen LogP contribution in [0.4, 0.5) is 0 Å². The molecule has 0 saturated heterocycles. The molecule has 0 bridgehead atoms. The quantitative estimate of drug-likeness (QED) is 0.581. The third-order valence-electron chi connectivity index (χ3n) is 3.36. The molecule has 0 radical (unpaired) electrons. The highest BCUT2D eigenvalue weighted by atomic mass is 15.6. The molecular formula is C16H12N6. The van der Waals surface area contributed by atoms with Crippen LogP contribution >= 0.6 is 0 Å². The van der Waals surface area contributed by atoms with Crippen molar-refractivity contribution in [1.29, 1.82) is 0 Å².